The molecule has 3 N–H and O–H groups in total. The van der Waals surface area contributed by atoms with Crippen LogP contribution in [0.1, 0.15) is 25.0 Å². The standard InChI is InChI=1S/C12H16BrN5/c13-12-9(6-14)16-11-5-4-10(17-18(11)12)15-7-8-2-1-3-8/h4-5,8H,1-3,6-7,14H2,(H,15,17). The van der Waals surface area contributed by atoms with Crippen molar-refractivity contribution in [2.24, 2.45) is 11.7 Å². The average Bonchev–Trinajstić information content (AvgIpc) is 2.64. The molecule has 96 valence electrons. The third-order valence-corrected chi connectivity index (χ3v) is 4.27. The van der Waals surface area contributed by atoms with Crippen LogP contribution in [-0.2, 0) is 6.54 Å². The number of aromatic nitrogens is 3. The molecular formula is C12H16BrN5. The van der Waals surface area contributed by atoms with Gasteiger partial charge in [-0.15, -0.1) is 5.10 Å². The van der Waals surface area contributed by atoms with Gasteiger partial charge in [-0.1, -0.05) is 6.42 Å². The highest BCUT2D eigenvalue weighted by Crippen LogP contribution is 2.26. The Balaban J connectivity index is 1.82. The Labute approximate surface area is 114 Å². The first kappa shape index (κ1) is 11.9. The Hall–Kier alpha value is -1.14. The van der Waals surface area contributed by atoms with Crippen LogP contribution in [0.3, 0.4) is 0 Å². The molecule has 6 heteroatoms. The van der Waals surface area contributed by atoms with Crippen LogP contribution in [0.15, 0.2) is 16.7 Å². The van der Waals surface area contributed by atoms with Crippen LogP contribution in [0.25, 0.3) is 5.65 Å². The second kappa shape index (κ2) is 4.85. The molecule has 0 bridgehead atoms. The maximum Gasteiger partial charge on any atom is 0.155 e. The quantitative estimate of drug-likeness (QED) is 0.908. The van der Waals surface area contributed by atoms with E-state index in [1.807, 2.05) is 12.1 Å². The first-order valence-electron chi connectivity index (χ1n) is 6.26. The summed E-state index contributed by atoms with van der Waals surface area (Å²) in [6.45, 7) is 1.42. The van der Waals surface area contributed by atoms with E-state index in [2.05, 4.69) is 31.3 Å². The van der Waals surface area contributed by atoms with Crippen LogP contribution >= 0.6 is 15.9 Å². The SMILES string of the molecule is NCc1nc2ccc(NCC3CCC3)nn2c1Br. The summed E-state index contributed by atoms with van der Waals surface area (Å²) in [5, 5.41) is 7.90. The van der Waals surface area contributed by atoms with E-state index in [1.165, 1.54) is 19.3 Å². The molecule has 0 radical (unpaired) electrons. The van der Waals surface area contributed by atoms with Gasteiger partial charge in [-0.25, -0.2) is 9.50 Å². The van der Waals surface area contributed by atoms with E-state index in [-0.39, 0.29) is 0 Å². The molecule has 0 aromatic carbocycles. The fourth-order valence-corrected chi connectivity index (χ4v) is 2.63. The lowest BCUT2D eigenvalue weighted by Gasteiger charge is -2.25. The minimum atomic E-state index is 0.411. The van der Waals surface area contributed by atoms with Crippen molar-refractivity contribution in [3.63, 3.8) is 0 Å². The fraction of sp³-hybridized carbons (Fsp3) is 0.500. The van der Waals surface area contributed by atoms with Gasteiger partial charge in [0.15, 0.2) is 5.65 Å². The van der Waals surface area contributed by atoms with Crippen LogP contribution in [-0.4, -0.2) is 21.1 Å². The summed E-state index contributed by atoms with van der Waals surface area (Å²) in [5.41, 5.74) is 7.28. The lowest BCUT2D eigenvalue weighted by atomic mass is 9.85. The molecule has 1 aliphatic carbocycles. The summed E-state index contributed by atoms with van der Waals surface area (Å²) in [6, 6.07) is 3.92. The normalized spacial score (nSPS) is 15.9. The van der Waals surface area contributed by atoms with E-state index in [0.717, 1.165) is 34.2 Å². The van der Waals surface area contributed by atoms with Gasteiger partial charge in [-0.05, 0) is 46.8 Å². The summed E-state index contributed by atoms with van der Waals surface area (Å²) in [4.78, 5) is 4.40. The average molecular weight is 310 g/mol. The fourth-order valence-electron chi connectivity index (χ4n) is 2.12. The monoisotopic (exact) mass is 309 g/mol. The van der Waals surface area contributed by atoms with Crippen molar-refractivity contribution in [1.82, 2.24) is 14.6 Å². The van der Waals surface area contributed by atoms with Crippen LogP contribution in [0, 0.1) is 5.92 Å². The minimum absolute atomic E-state index is 0.411. The summed E-state index contributed by atoms with van der Waals surface area (Å²) in [6.07, 6.45) is 4.04. The van der Waals surface area contributed by atoms with Gasteiger partial charge >= 0.3 is 0 Å². The van der Waals surface area contributed by atoms with Crippen LogP contribution in [0.2, 0.25) is 0 Å². The van der Waals surface area contributed by atoms with Gasteiger partial charge in [-0.2, -0.15) is 0 Å². The Morgan fingerprint density at radius 2 is 2.28 bits per heavy atom. The molecule has 0 saturated heterocycles. The number of nitrogens with one attached hydrogen (secondary N) is 1. The molecule has 1 aliphatic rings. The Kier molecular flexibility index (Phi) is 3.22. The number of fused-ring (bicyclic) bond motifs is 1. The van der Waals surface area contributed by atoms with Gasteiger partial charge in [0.2, 0.25) is 0 Å². The molecule has 1 saturated carbocycles. The molecule has 2 aromatic heterocycles. The van der Waals surface area contributed by atoms with Crippen molar-refractivity contribution < 1.29 is 0 Å². The van der Waals surface area contributed by atoms with Gasteiger partial charge in [0.25, 0.3) is 0 Å². The van der Waals surface area contributed by atoms with E-state index in [1.54, 1.807) is 4.52 Å². The van der Waals surface area contributed by atoms with E-state index in [9.17, 15) is 0 Å². The van der Waals surface area contributed by atoms with Crippen molar-refractivity contribution in [3.05, 3.63) is 22.4 Å². The van der Waals surface area contributed by atoms with E-state index in [4.69, 9.17) is 5.73 Å². The first-order chi connectivity index (χ1) is 8.78. The van der Waals surface area contributed by atoms with Gasteiger partial charge in [0.1, 0.15) is 10.4 Å². The lowest BCUT2D eigenvalue weighted by molar-refractivity contribution is 0.333. The third-order valence-electron chi connectivity index (χ3n) is 3.48. The van der Waals surface area contributed by atoms with Gasteiger partial charge in [0.05, 0.1) is 5.69 Å². The number of nitrogens with two attached hydrogens (primary N) is 1. The molecule has 0 atom stereocenters. The van der Waals surface area contributed by atoms with E-state index in [0.29, 0.717) is 6.54 Å². The van der Waals surface area contributed by atoms with Crippen molar-refractivity contribution >= 4 is 27.4 Å². The molecule has 0 amide bonds. The number of anilines is 1. The van der Waals surface area contributed by atoms with Gasteiger partial charge < -0.3 is 11.1 Å². The van der Waals surface area contributed by atoms with E-state index < -0.39 is 0 Å². The maximum atomic E-state index is 5.63. The van der Waals surface area contributed by atoms with Crippen molar-refractivity contribution in [1.29, 1.82) is 0 Å². The third kappa shape index (κ3) is 2.10. The van der Waals surface area contributed by atoms with Crippen LogP contribution < -0.4 is 11.1 Å². The first-order valence-corrected chi connectivity index (χ1v) is 7.05. The summed E-state index contributed by atoms with van der Waals surface area (Å²) >= 11 is 3.48. The molecular weight excluding hydrogens is 294 g/mol. The number of rotatable bonds is 4. The topological polar surface area (TPSA) is 68.2 Å². The van der Waals surface area contributed by atoms with E-state index >= 15 is 0 Å². The molecule has 2 heterocycles. The zero-order chi connectivity index (χ0) is 12.5. The minimum Gasteiger partial charge on any atom is -0.368 e. The largest absolute Gasteiger partial charge is 0.368 e. The smallest absolute Gasteiger partial charge is 0.155 e. The van der Waals surface area contributed by atoms with Crippen molar-refractivity contribution in [2.75, 3.05) is 11.9 Å². The summed E-state index contributed by atoms with van der Waals surface area (Å²) in [7, 11) is 0. The van der Waals surface area contributed by atoms with Crippen molar-refractivity contribution in [3.8, 4) is 0 Å². The number of imidazole rings is 1. The Morgan fingerprint density at radius 1 is 1.44 bits per heavy atom. The van der Waals surface area contributed by atoms with Gasteiger partial charge in [0, 0.05) is 13.1 Å². The number of hydrogen-bond donors (Lipinski definition) is 2. The highest BCUT2D eigenvalue weighted by atomic mass is 79.9. The maximum absolute atomic E-state index is 5.63. The summed E-state index contributed by atoms with van der Waals surface area (Å²) in [5.74, 6) is 1.70. The second-order valence-corrected chi connectivity index (χ2v) is 5.47. The molecule has 0 aliphatic heterocycles. The zero-order valence-corrected chi connectivity index (χ0v) is 11.7. The molecule has 3 rings (SSSR count). The second-order valence-electron chi connectivity index (χ2n) is 4.72. The predicted octanol–water partition coefficient (Wildman–Crippen LogP) is 2.16. The predicted molar refractivity (Wildman–Crippen MR) is 74.4 cm³/mol. The zero-order valence-electron chi connectivity index (χ0n) is 10.1. The molecule has 0 spiro atoms. The lowest BCUT2D eigenvalue weighted by Crippen LogP contribution is -2.21. The number of hydrogen-bond acceptors (Lipinski definition) is 4. The molecule has 1 fully saturated rings. The van der Waals surface area contributed by atoms with Crippen molar-refractivity contribution in [2.45, 2.75) is 25.8 Å². The Bertz CT molecular complexity index is 561. The van der Waals surface area contributed by atoms with Crippen LogP contribution in [0.5, 0.6) is 0 Å². The highest BCUT2D eigenvalue weighted by Gasteiger charge is 2.17. The molecule has 0 unspecified atom stereocenters. The highest BCUT2D eigenvalue weighted by molar-refractivity contribution is 9.10. The molecule has 2 aromatic rings. The number of nitrogens with zero attached hydrogens (tertiary/aromatic N) is 3. The molecule has 5 nitrogen and oxygen atoms in total. The van der Waals surface area contributed by atoms with Gasteiger partial charge in [-0.3, -0.25) is 0 Å². The Morgan fingerprint density at radius 3 is 2.94 bits per heavy atom. The molecule has 18 heavy (non-hydrogen) atoms. The van der Waals surface area contributed by atoms with Crippen LogP contribution in [0.4, 0.5) is 5.82 Å². The summed E-state index contributed by atoms with van der Waals surface area (Å²) < 4.78 is 2.62. The number of halogens is 1.